The molecule has 0 aliphatic carbocycles. The first-order valence-corrected chi connectivity index (χ1v) is 14.9. The van der Waals surface area contributed by atoms with Gasteiger partial charge < -0.3 is 9.47 Å². The van der Waals surface area contributed by atoms with Crippen LogP contribution in [-0.2, 0) is 10.0 Å². The van der Waals surface area contributed by atoms with E-state index >= 15 is 0 Å². The highest BCUT2D eigenvalue weighted by Crippen LogP contribution is 2.38. The van der Waals surface area contributed by atoms with Crippen molar-refractivity contribution in [2.45, 2.75) is 38.9 Å². The van der Waals surface area contributed by atoms with Crippen LogP contribution in [0.5, 0.6) is 11.5 Å². The summed E-state index contributed by atoms with van der Waals surface area (Å²) >= 11 is 0. The molecule has 0 aliphatic rings. The van der Waals surface area contributed by atoms with Crippen LogP contribution in [0.25, 0.3) is 28.5 Å². The van der Waals surface area contributed by atoms with Crippen molar-refractivity contribution in [3.8, 4) is 40.0 Å². The minimum atomic E-state index is -4.05. The lowest BCUT2D eigenvalue weighted by molar-refractivity contribution is 0.391. The number of hydrogen-bond donors (Lipinski definition) is 1. The Bertz CT molecular complexity index is 1840. The average molecular weight is 602 g/mol. The summed E-state index contributed by atoms with van der Waals surface area (Å²) in [4.78, 5) is 21.8. The Hall–Kier alpha value is -4.98. The molecular weight excluding hydrogens is 570 g/mol. The third-order valence-electron chi connectivity index (χ3n) is 6.98. The molecule has 0 radical (unpaired) electrons. The molecule has 0 fully saturated rings. The summed E-state index contributed by atoms with van der Waals surface area (Å²) in [6.45, 7) is 7.10. The monoisotopic (exact) mass is 601 g/mol. The maximum atomic E-state index is 13.8. The van der Waals surface area contributed by atoms with Crippen LogP contribution >= 0.6 is 0 Å². The Morgan fingerprint density at radius 3 is 2.21 bits per heavy atom. The van der Waals surface area contributed by atoms with Gasteiger partial charge in [-0.05, 0) is 50.6 Å². The average Bonchev–Trinajstić information content (AvgIpc) is 3.42. The molecule has 0 unspecified atom stereocenters. The SMILES string of the molecule is COc1cccc(OC)c1-n1c(NS(=O)(=O)[C@H](C)[C@@H](C)c2ncc(-c3nccc(C)n3)cn2)nnc1-c1cncc(C)c1. The summed E-state index contributed by atoms with van der Waals surface area (Å²) in [5, 5.41) is 7.63. The molecule has 14 heteroatoms. The van der Waals surface area contributed by atoms with Crippen molar-refractivity contribution in [3.63, 3.8) is 0 Å². The molecular formula is C29H31N9O4S. The predicted molar refractivity (Wildman–Crippen MR) is 161 cm³/mol. The van der Waals surface area contributed by atoms with Gasteiger partial charge in [0.2, 0.25) is 16.0 Å². The second kappa shape index (κ2) is 12.1. The van der Waals surface area contributed by atoms with E-state index in [-0.39, 0.29) is 5.95 Å². The number of rotatable bonds is 10. The summed E-state index contributed by atoms with van der Waals surface area (Å²) in [6.07, 6.45) is 8.18. The highest BCUT2D eigenvalue weighted by Gasteiger charge is 2.32. The van der Waals surface area contributed by atoms with Gasteiger partial charge in [0.1, 0.15) is 23.0 Å². The number of anilines is 1. The van der Waals surface area contributed by atoms with E-state index in [1.807, 2.05) is 19.9 Å². The van der Waals surface area contributed by atoms with Crippen LogP contribution in [0.1, 0.15) is 36.8 Å². The van der Waals surface area contributed by atoms with Crippen LogP contribution in [0.3, 0.4) is 0 Å². The molecule has 2 atom stereocenters. The Morgan fingerprint density at radius 1 is 0.884 bits per heavy atom. The number of aromatic nitrogens is 8. The Balaban J connectivity index is 1.51. The first kappa shape index (κ1) is 29.5. The Morgan fingerprint density at radius 2 is 1.58 bits per heavy atom. The van der Waals surface area contributed by atoms with Crippen molar-refractivity contribution >= 4 is 16.0 Å². The summed E-state index contributed by atoms with van der Waals surface area (Å²) in [7, 11) is -1.02. The number of nitrogens with one attached hydrogen (secondary N) is 1. The molecule has 43 heavy (non-hydrogen) atoms. The van der Waals surface area contributed by atoms with Crippen LogP contribution in [0.2, 0.25) is 0 Å². The molecule has 5 aromatic rings. The molecule has 222 valence electrons. The number of methoxy groups -OCH3 is 2. The van der Waals surface area contributed by atoms with Gasteiger partial charge in [-0.15, -0.1) is 10.2 Å². The van der Waals surface area contributed by atoms with E-state index in [2.05, 4.69) is 39.8 Å². The molecule has 5 rings (SSSR count). The van der Waals surface area contributed by atoms with Gasteiger partial charge in [-0.3, -0.25) is 14.3 Å². The molecule has 0 saturated carbocycles. The molecule has 0 spiro atoms. The van der Waals surface area contributed by atoms with Gasteiger partial charge in [-0.25, -0.2) is 28.4 Å². The maximum absolute atomic E-state index is 13.8. The van der Waals surface area contributed by atoms with Crippen molar-refractivity contribution in [1.29, 1.82) is 0 Å². The number of pyridine rings is 1. The van der Waals surface area contributed by atoms with E-state index in [4.69, 9.17) is 9.47 Å². The van der Waals surface area contributed by atoms with Crippen LogP contribution in [0, 0.1) is 13.8 Å². The van der Waals surface area contributed by atoms with Gasteiger partial charge in [0.05, 0.1) is 25.0 Å². The molecule has 4 heterocycles. The number of benzene rings is 1. The number of ether oxygens (including phenoxy) is 2. The highest BCUT2D eigenvalue weighted by molar-refractivity contribution is 7.93. The number of sulfonamides is 1. The molecule has 1 aromatic carbocycles. The van der Waals surface area contributed by atoms with Crippen molar-refractivity contribution < 1.29 is 17.9 Å². The summed E-state index contributed by atoms with van der Waals surface area (Å²) in [5.74, 6) is 1.41. The van der Waals surface area contributed by atoms with Gasteiger partial charge in [0, 0.05) is 48.2 Å². The number of para-hydroxylation sites is 1. The first-order valence-electron chi connectivity index (χ1n) is 13.3. The smallest absolute Gasteiger partial charge is 0.243 e. The van der Waals surface area contributed by atoms with Gasteiger partial charge in [-0.2, -0.15) is 0 Å². The predicted octanol–water partition coefficient (Wildman–Crippen LogP) is 4.14. The van der Waals surface area contributed by atoms with Crippen molar-refractivity contribution in [2.24, 2.45) is 0 Å². The third kappa shape index (κ3) is 6.00. The van der Waals surface area contributed by atoms with E-state index in [1.54, 1.807) is 73.7 Å². The topological polar surface area (TPSA) is 160 Å². The van der Waals surface area contributed by atoms with Gasteiger partial charge >= 0.3 is 0 Å². The van der Waals surface area contributed by atoms with Crippen molar-refractivity contribution in [1.82, 2.24) is 39.7 Å². The zero-order chi connectivity index (χ0) is 30.7. The molecule has 1 N–H and O–H groups in total. The summed E-state index contributed by atoms with van der Waals surface area (Å²) < 4.78 is 43.0. The Kier molecular flexibility index (Phi) is 8.30. The summed E-state index contributed by atoms with van der Waals surface area (Å²) in [5.41, 5.74) is 3.38. The lowest BCUT2D eigenvalue weighted by atomic mass is 10.1. The molecule has 0 amide bonds. The molecule has 13 nitrogen and oxygen atoms in total. The third-order valence-corrected chi connectivity index (χ3v) is 8.84. The molecule has 0 bridgehead atoms. The first-order chi connectivity index (χ1) is 20.6. The van der Waals surface area contributed by atoms with Gasteiger partial charge in [0.15, 0.2) is 11.6 Å². The zero-order valence-corrected chi connectivity index (χ0v) is 25.4. The largest absolute Gasteiger partial charge is 0.494 e. The van der Waals surface area contributed by atoms with Gasteiger partial charge in [0.25, 0.3) is 0 Å². The van der Waals surface area contributed by atoms with Gasteiger partial charge in [-0.1, -0.05) is 13.0 Å². The lowest BCUT2D eigenvalue weighted by Gasteiger charge is -2.21. The fourth-order valence-electron chi connectivity index (χ4n) is 4.45. The van der Waals surface area contributed by atoms with E-state index in [0.717, 1.165) is 11.3 Å². The highest BCUT2D eigenvalue weighted by atomic mass is 32.2. The van der Waals surface area contributed by atoms with Crippen LogP contribution in [0.4, 0.5) is 5.95 Å². The number of aryl methyl sites for hydroxylation is 2. The minimum absolute atomic E-state index is 0.0498. The van der Waals surface area contributed by atoms with E-state index < -0.39 is 21.2 Å². The fourth-order valence-corrected chi connectivity index (χ4v) is 5.69. The molecule has 0 aliphatic heterocycles. The second-order valence-electron chi connectivity index (χ2n) is 9.94. The zero-order valence-electron chi connectivity index (χ0n) is 24.5. The van der Waals surface area contributed by atoms with Crippen molar-refractivity contribution in [2.75, 3.05) is 18.9 Å². The van der Waals surface area contributed by atoms with Crippen molar-refractivity contribution in [3.05, 3.63) is 78.4 Å². The van der Waals surface area contributed by atoms with E-state index in [0.29, 0.717) is 45.8 Å². The maximum Gasteiger partial charge on any atom is 0.243 e. The minimum Gasteiger partial charge on any atom is -0.494 e. The number of hydrogen-bond acceptors (Lipinski definition) is 11. The van der Waals surface area contributed by atoms with E-state index in [1.165, 1.54) is 14.2 Å². The lowest BCUT2D eigenvalue weighted by Crippen LogP contribution is -2.31. The Labute approximate surface area is 249 Å². The van der Waals surface area contributed by atoms with Crippen LogP contribution in [-0.4, -0.2) is 67.6 Å². The molecule has 0 saturated heterocycles. The quantitative estimate of drug-likeness (QED) is 0.245. The number of nitrogens with zero attached hydrogens (tertiary/aromatic N) is 8. The normalized spacial score (nSPS) is 12.9. The molecule has 4 aromatic heterocycles. The van der Waals surface area contributed by atoms with Crippen LogP contribution < -0.4 is 14.2 Å². The van der Waals surface area contributed by atoms with Crippen LogP contribution in [0.15, 0.2) is 61.3 Å². The standard InChI is InChI=1S/C29H31N9O4S/c1-17-12-21(14-30-13-17)28-35-36-29(38(28)25-23(41-5)8-7-9-24(25)42-6)37-43(39,40)20(4)19(3)26-32-15-22(16-33-26)27-31-11-10-18(2)34-27/h7-16,19-20H,1-6H3,(H,36,37)/t19-,20-/m1/s1. The second-order valence-corrected chi connectivity index (χ2v) is 12.0. The fraction of sp³-hybridized carbons (Fsp3) is 0.276. The van der Waals surface area contributed by atoms with E-state index in [9.17, 15) is 8.42 Å². The summed E-state index contributed by atoms with van der Waals surface area (Å²) in [6, 6.07) is 8.92.